The molecule has 0 saturated carbocycles. The molecular weight excluding hydrogens is 140 g/mol. The van der Waals surface area contributed by atoms with E-state index in [0.29, 0.717) is 16.8 Å². The summed E-state index contributed by atoms with van der Waals surface area (Å²) >= 11 is 0. The van der Waals surface area contributed by atoms with E-state index in [-0.39, 0.29) is 5.90 Å². The van der Waals surface area contributed by atoms with E-state index in [1.807, 2.05) is 21.1 Å². The average Bonchev–Trinajstić information content (AvgIpc) is 1.80. The van der Waals surface area contributed by atoms with Crippen LogP contribution < -0.4 is 0 Å². The molecular formula is C8H17N2O+. The van der Waals surface area contributed by atoms with Crippen LogP contribution in [0.4, 0.5) is 0 Å². The first-order valence-corrected chi connectivity index (χ1v) is 3.50. The highest BCUT2D eigenvalue weighted by molar-refractivity contribution is 5.89. The first kappa shape index (κ1) is 10.2. The van der Waals surface area contributed by atoms with Crippen LogP contribution in [-0.4, -0.2) is 38.3 Å². The zero-order valence-electron chi connectivity index (χ0n) is 7.77. The van der Waals surface area contributed by atoms with Gasteiger partial charge >= 0.3 is 0 Å². The molecule has 0 atom stereocenters. The van der Waals surface area contributed by atoms with Gasteiger partial charge in [-0.1, -0.05) is 6.58 Å². The number of nitrogens with zero attached hydrogens (tertiary/aromatic N) is 1. The van der Waals surface area contributed by atoms with E-state index in [1.54, 1.807) is 6.92 Å². The summed E-state index contributed by atoms with van der Waals surface area (Å²) in [6.07, 6.45) is 0. The van der Waals surface area contributed by atoms with Crippen LogP contribution in [0, 0.1) is 5.41 Å². The number of nitrogens with one attached hydrogen (secondary N) is 1. The Morgan fingerprint density at radius 3 is 2.18 bits per heavy atom. The van der Waals surface area contributed by atoms with Crippen LogP contribution in [0.1, 0.15) is 6.92 Å². The van der Waals surface area contributed by atoms with Crippen molar-refractivity contribution in [2.45, 2.75) is 6.92 Å². The average molecular weight is 157 g/mol. The molecule has 0 aliphatic rings. The Balaban J connectivity index is 3.73. The maximum absolute atomic E-state index is 7.29. The topological polar surface area (TPSA) is 33.1 Å². The van der Waals surface area contributed by atoms with Crippen LogP contribution in [0.3, 0.4) is 0 Å². The minimum absolute atomic E-state index is 0.179. The third kappa shape index (κ3) is 5.61. The summed E-state index contributed by atoms with van der Waals surface area (Å²) in [5.74, 6) is 0.179. The van der Waals surface area contributed by atoms with E-state index in [4.69, 9.17) is 10.1 Å². The Kier molecular flexibility index (Phi) is 3.26. The van der Waals surface area contributed by atoms with Gasteiger partial charge in [0, 0.05) is 5.57 Å². The molecule has 0 aliphatic heterocycles. The van der Waals surface area contributed by atoms with Crippen LogP contribution in [0.5, 0.6) is 0 Å². The Morgan fingerprint density at radius 2 is 1.91 bits per heavy atom. The highest BCUT2D eigenvalue weighted by Crippen LogP contribution is 1.96. The third-order valence-electron chi connectivity index (χ3n) is 0.984. The van der Waals surface area contributed by atoms with Gasteiger partial charge in [0.25, 0.3) is 0 Å². The Morgan fingerprint density at radius 1 is 1.45 bits per heavy atom. The van der Waals surface area contributed by atoms with Crippen LogP contribution >= 0.6 is 0 Å². The second-order valence-electron chi connectivity index (χ2n) is 3.67. The summed E-state index contributed by atoms with van der Waals surface area (Å²) in [6.45, 7) is 5.87. The lowest BCUT2D eigenvalue weighted by atomic mass is 10.3. The molecule has 0 aliphatic carbocycles. The molecule has 0 amide bonds. The van der Waals surface area contributed by atoms with Crippen LogP contribution in [-0.2, 0) is 4.74 Å². The number of hydrogen-bond donors (Lipinski definition) is 1. The summed E-state index contributed by atoms with van der Waals surface area (Å²) in [7, 11) is 6.02. The number of rotatable bonds is 3. The maximum atomic E-state index is 7.29. The SMILES string of the molecule is C=C(C)C(=N)OC[N+](C)(C)C. The molecule has 0 bridgehead atoms. The summed E-state index contributed by atoms with van der Waals surface area (Å²) in [4.78, 5) is 0. The van der Waals surface area contributed by atoms with Crippen molar-refractivity contribution in [1.29, 1.82) is 5.41 Å². The van der Waals surface area contributed by atoms with Gasteiger partial charge in [0.15, 0.2) is 0 Å². The molecule has 64 valence electrons. The highest BCUT2D eigenvalue weighted by atomic mass is 16.5. The zero-order chi connectivity index (χ0) is 9.07. The van der Waals surface area contributed by atoms with Crippen molar-refractivity contribution < 1.29 is 9.22 Å². The smallest absolute Gasteiger partial charge is 0.225 e. The quantitative estimate of drug-likeness (QED) is 0.284. The molecule has 0 spiro atoms. The van der Waals surface area contributed by atoms with E-state index in [0.717, 1.165) is 0 Å². The van der Waals surface area contributed by atoms with Gasteiger partial charge in [-0.05, 0) is 6.92 Å². The second-order valence-corrected chi connectivity index (χ2v) is 3.67. The molecule has 0 saturated heterocycles. The number of hydrogen-bond acceptors (Lipinski definition) is 2. The van der Waals surface area contributed by atoms with E-state index < -0.39 is 0 Å². The lowest BCUT2D eigenvalue weighted by molar-refractivity contribution is -0.887. The molecule has 0 aromatic heterocycles. The van der Waals surface area contributed by atoms with Gasteiger partial charge in [-0.25, -0.2) is 0 Å². The fraction of sp³-hybridized carbons (Fsp3) is 0.625. The number of quaternary nitrogens is 1. The Labute approximate surface area is 68.4 Å². The molecule has 0 rings (SSSR count). The predicted molar refractivity (Wildman–Crippen MR) is 46.5 cm³/mol. The van der Waals surface area contributed by atoms with E-state index in [9.17, 15) is 0 Å². The van der Waals surface area contributed by atoms with E-state index >= 15 is 0 Å². The van der Waals surface area contributed by atoms with Crippen molar-refractivity contribution in [3.05, 3.63) is 12.2 Å². The van der Waals surface area contributed by atoms with Crippen molar-refractivity contribution in [2.24, 2.45) is 0 Å². The molecule has 3 heteroatoms. The number of ether oxygens (including phenoxy) is 1. The molecule has 0 aromatic rings. The van der Waals surface area contributed by atoms with Gasteiger partial charge in [0.2, 0.25) is 12.6 Å². The van der Waals surface area contributed by atoms with Crippen LogP contribution in [0.2, 0.25) is 0 Å². The summed E-state index contributed by atoms with van der Waals surface area (Å²) in [5.41, 5.74) is 0.665. The normalized spacial score (nSPS) is 10.9. The third-order valence-corrected chi connectivity index (χ3v) is 0.984. The molecule has 0 heterocycles. The Bertz CT molecular complexity index is 167. The summed E-state index contributed by atoms with van der Waals surface area (Å²) in [5, 5.41) is 7.29. The highest BCUT2D eigenvalue weighted by Gasteiger charge is 2.08. The van der Waals surface area contributed by atoms with Crippen molar-refractivity contribution in [1.82, 2.24) is 0 Å². The Hall–Kier alpha value is -0.830. The van der Waals surface area contributed by atoms with Gasteiger partial charge in [0.1, 0.15) is 0 Å². The standard InChI is InChI=1S/C8H17N2O/c1-7(2)8(9)11-6-10(3,4)5/h9H,1,6H2,2-5H3/q+1. The maximum Gasteiger partial charge on any atom is 0.225 e. The van der Waals surface area contributed by atoms with Crippen LogP contribution in [0.15, 0.2) is 12.2 Å². The predicted octanol–water partition coefficient (Wildman–Crippen LogP) is 1.22. The molecule has 0 aromatic carbocycles. The molecule has 0 radical (unpaired) electrons. The molecule has 3 nitrogen and oxygen atoms in total. The van der Waals surface area contributed by atoms with Gasteiger partial charge in [0.05, 0.1) is 21.1 Å². The van der Waals surface area contributed by atoms with Crippen molar-refractivity contribution in [3.63, 3.8) is 0 Å². The minimum Gasteiger partial charge on any atom is -0.428 e. The summed E-state index contributed by atoms with van der Waals surface area (Å²) < 4.78 is 5.81. The lowest BCUT2D eigenvalue weighted by Gasteiger charge is -2.23. The lowest BCUT2D eigenvalue weighted by Crippen LogP contribution is -2.37. The van der Waals surface area contributed by atoms with Crippen molar-refractivity contribution >= 4 is 5.90 Å². The van der Waals surface area contributed by atoms with Crippen LogP contribution in [0.25, 0.3) is 0 Å². The van der Waals surface area contributed by atoms with Gasteiger partial charge in [-0.2, -0.15) is 0 Å². The summed E-state index contributed by atoms with van der Waals surface area (Å²) in [6, 6.07) is 0. The zero-order valence-corrected chi connectivity index (χ0v) is 7.77. The van der Waals surface area contributed by atoms with Gasteiger partial charge in [-0.3, -0.25) is 9.89 Å². The first-order chi connectivity index (χ1) is 4.83. The van der Waals surface area contributed by atoms with E-state index in [2.05, 4.69) is 6.58 Å². The van der Waals surface area contributed by atoms with Gasteiger partial charge in [-0.15, -0.1) is 0 Å². The minimum atomic E-state index is 0.179. The first-order valence-electron chi connectivity index (χ1n) is 3.50. The largest absolute Gasteiger partial charge is 0.428 e. The molecule has 0 fully saturated rings. The fourth-order valence-electron chi connectivity index (χ4n) is 0.381. The molecule has 0 unspecified atom stereocenters. The molecule has 11 heavy (non-hydrogen) atoms. The monoisotopic (exact) mass is 157 g/mol. The van der Waals surface area contributed by atoms with Crippen molar-refractivity contribution in [2.75, 3.05) is 27.9 Å². The van der Waals surface area contributed by atoms with Crippen molar-refractivity contribution in [3.8, 4) is 0 Å². The van der Waals surface area contributed by atoms with Gasteiger partial charge < -0.3 is 4.74 Å². The fourth-order valence-corrected chi connectivity index (χ4v) is 0.381. The van der Waals surface area contributed by atoms with E-state index in [1.165, 1.54) is 0 Å². The second kappa shape index (κ2) is 3.53. The molecule has 1 N–H and O–H groups in total.